The monoisotopic (exact) mass is 200 g/mol. The largest absolute Gasteiger partial charge is 0.393 e. The minimum Gasteiger partial charge on any atom is -0.393 e. The highest BCUT2D eigenvalue weighted by Gasteiger charge is 2.18. The second kappa shape index (κ2) is 7.24. The van der Waals surface area contributed by atoms with Gasteiger partial charge in [-0.25, -0.2) is 0 Å². The summed E-state index contributed by atoms with van der Waals surface area (Å²) in [5, 5.41) is 9.75. The SMILES string of the molecule is CCOCCCC(O)CC1CCCC1. The van der Waals surface area contributed by atoms with Gasteiger partial charge in [0.25, 0.3) is 0 Å². The highest BCUT2D eigenvalue weighted by molar-refractivity contribution is 4.71. The molecule has 0 spiro atoms. The number of rotatable bonds is 7. The maximum absolute atomic E-state index is 9.75. The van der Waals surface area contributed by atoms with Gasteiger partial charge in [-0.1, -0.05) is 25.7 Å². The zero-order valence-electron chi connectivity index (χ0n) is 9.37. The summed E-state index contributed by atoms with van der Waals surface area (Å²) < 4.78 is 5.24. The zero-order valence-corrected chi connectivity index (χ0v) is 9.37. The molecule has 0 aromatic carbocycles. The van der Waals surface area contributed by atoms with Crippen LogP contribution in [0.1, 0.15) is 51.9 Å². The van der Waals surface area contributed by atoms with E-state index in [4.69, 9.17) is 4.74 Å². The summed E-state index contributed by atoms with van der Waals surface area (Å²) >= 11 is 0. The van der Waals surface area contributed by atoms with Gasteiger partial charge in [0.1, 0.15) is 0 Å². The van der Waals surface area contributed by atoms with E-state index in [0.29, 0.717) is 0 Å². The van der Waals surface area contributed by atoms with Crippen LogP contribution in [0, 0.1) is 5.92 Å². The summed E-state index contributed by atoms with van der Waals surface area (Å²) in [5.74, 6) is 0.803. The molecule has 0 bridgehead atoms. The number of hydrogen-bond donors (Lipinski definition) is 1. The first-order valence-electron chi connectivity index (χ1n) is 6.08. The van der Waals surface area contributed by atoms with Crippen molar-refractivity contribution in [2.75, 3.05) is 13.2 Å². The second-order valence-corrected chi connectivity index (χ2v) is 4.38. The van der Waals surface area contributed by atoms with Gasteiger partial charge in [-0.2, -0.15) is 0 Å². The van der Waals surface area contributed by atoms with Crippen LogP contribution in [0.2, 0.25) is 0 Å². The lowest BCUT2D eigenvalue weighted by Crippen LogP contribution is -2.12. The van der Waals surface area contributed by atoms with Crippen molar-refractivity contribution < 1.29 is 9.84 Å². The Bertz CT molecular complexity index is 130. The smallest absolute Gasteiger partial charge is 0.0543 e. The molecule has 0 saturated heterocycles. The lowest BCUT2D eigenvalue weighted by atomic mass is 9.98. The van der Waals surface area contributed by atoms with Crippen LogP contribution < -0.4 is 0 Å². The molecule has 0 amide bonds. The van der Waals surface area contributed by atoms with Crippen LogP contribution in [0.4, 0.5) is 0 Å². The molecule has 1 N–H and O–H groups in total. The average Bonchev–Trinajstić information content (AvgIpc) is 2.65. The first-order chi connectivity index (χ1) is 6.83. The van der Waals surface area contributed by atoms with Gasteiger partial charge in [0, 0.05) is 13.2 Å². The summed E-state index contributed by atoms with van der Waals surface area (Å²) in [6.07, 6.45) is 8.26. The van der Waals surface area contributed by atoms with Crippen LogP contribution in [-0.4, -0.2) is 24.4 Å². The Kier molecular flexibility index (Phi) is 6.20. The Balaban J connectivity index is 1.95. The number of hydrogen-bond acceptors (Lipinski definition) is 2. The van der Waals surface area contributed by atoms with Crippen LogP contribution in [0.5, 0.6) is 0 Å². The van der Waals surface area contributed by atoms with Crippen LogP contribution in [0.15, 0.2) is 0 Å². The Morgan fingerprint density at radius 3 is 2.71 bits per heavy atom. The standard InChI is InChI=1S/C12H24O2/c1-2-14-9-5-8-12(13)10-11-6-3-4-7-11/h11-13H,2-10H2,1H3. The van der Waals surface area contributed by atoms with Crippen LogP contribution in [-0.2, 0) is 4.74 Å². The number of aliphatic hydroxyl groups excluding tert-OH is 1. The van der Waals surface area contributed by atoms with Crippen molar-refractivity contribution in [2.45, 2.75) is 58.0 Å². The third-order valence-electron chi connectivity index (χ3n) is 3.11. The molecule has 1 aliphatic carbocycles. The van der Waals surface area contributed by atoms with Crippen molar-refractivity contribution in [2.24, 2.45) is 5.92 Å². The fourth-order valence-corrected chi connectivity index (χ4v) is 2.31. The van der Waals surface area contributed by atoms with Crippen LogP contribution in [0.25, 0.3) is 0 Å². The highest BCUT2D eigenvalue weighted by atomic mass is 16.5. The van der Waals surface area contributed by atoms with Gasteiger partial charge in [0.15, 0.2) is 0 Å². The molecule has 2 heteroatoms. The number of ether oxygens (including phenoxy) is 1. The fourth-order valence-electron chi connectivity index (χ4n) is 2.31. The first kappa shape index (κ1) is 12.0. The maximum atomic E-state index is 9.75. The zero-order chi connectivity index (χ0) is 10.2. The van der Waals surface area contributed by atoms with E-state index in [2.05, 4.69) is 0 Å². The molecular formula is C12H24O2. The molecule has 2 nitrogen and oxygen atoms in total. The summed E-state index contributed by atoms with van der Waals surface area (Å²) in [5.41, 5.74) is 0. The van der Waals surface area contributed by atoms with Crippen molar-refractivity contribution in [3.8, 4) is 0 Å². The predicted octanol–water partition coefficient (Wildman–Crippen LogP) is 2.74. The van der Waals surface area contributed by atoms with E-state index in [9.17, 15) is 5.11 Å². The predicted molar refractivity (Wildman–Crippen MR) is 58.3 cm³/mol. The van der Waals surface area contributed by atoms with Gasteiger partial charge in [-0.15, -0.1) is 0 Å². The molecule has 14 heavy (non-hydrogen) atoms. The van der Waals surface area contributed by atoms with E-state index in [-0.39, 0.29) is 6.10 Å². The highest BCUT2D eigenvalue weighted by Crippen LogP contribution is 2.29. The van der Waals surface area contributed by atoms with Gasteiger partial charge in [-0.3, -0.25) is 0 Å². The molecule has 1 atom stereocenters. The van der Waals surface area contributed by atoms with E-state index < -0.39 is 0 Å². The molecule has 0 aliphatic heterocycles. The van der Waals surface area contributed by atoms with E-state index in [1.807, 2.05) is 6.92 Å². The van der Waals surface area contributed by atoms with E-state index in [1.165, 1.54) is 25.7 Å². The topological polar surface area (TPSA) is 29.5 Å². The summed E-state index contributed by atoms with van der Waals surface area (Å²) in [4.78, 5) is 0. The Hall–Kier alpha value is -0.0800. The van der Waals surface area contributed by atoms with Gasteiger partial charge < -0.3 is 9.84 Å². The first-order valence-corrected chi connectivity index (χ1v) is 6.08. The van der Waals surface area contributed by atoms with Crippen molar-refractivity contribution >= 4 is 0 Å². The van der Waals surface area contributed by atoms with Gasteiger partial charge in [0.05, 0.1) is 6.10 Å². The third-order valence-corrected chi connectivity index (χ3v) is 3.11. The van der Waals surface area contributed by atoms with E-state index >= 15 is 0 Å². The van der Waals surface area contributed by atoms with Crippen molar-refractivity contribution in [3.63, 3.8) is 0 Å². The van der Waals surface area contributed by atoms with Crippen LogP contribution >= 0.6 is 0 Å². The van der Waals surface area contributed by atoms with E-state index in [0.717, 1.165) is 38.4 Å². The molecule has 0 aromatic heterocycles. The lowest BCUT2D eigenvalue weighted by molar-refractivity contribution is 0.101. The summed E-state index contributed by atoms with van der Waals surface area (Å²) in [6.45, 7) is 3.60. The van der Waals surface area contributed by atoms with Gasteiger partial charge in [0.2, 0.25) is 0 Å². The molecule has 1 unspecified atom stereocenters. The Morgan fingerprint density at radius 2 is 2.07 bits per heavy atom. The normalized spacial score (nSPS) is 20.1. The second-order valence-electron chi connectivity index (χ2n) is 4.38. The molecule has 0 heterocycles. The quantitative estimate of drug-likeness (QED) is 0.640. The molecule has 1 fully saturated rings. The number of aliphatic hydroxyl groups is 1. The maximum Gasteiger partial charge on any atom is 0.0543 e. The van der Waals surface area contributed by atoms with Crippen molar-refractivity contribution in [1.29, 1.82) is 0 Å². The van der Waals surface area contributed by atoms with Crippen molar-refractivity contribution in [3.05, 3.63) is 0 Å². The van der Waals surface area contributed by atoms with Gasteiger partial charge in [-0.05, 0) is 32.1 Å². The molecular weight excluding hydrogens is 176 g/mol. The van der Waals surface area contributed by atoms with Crippen LogP contribution in [0.3, 0.4) is 0 Å². The molecule has 1 saturated carbocycles. The average molecular weight is 200 g/mol. The van der Waals surface area contributed by atoms with Gasteiger partial charge >= 0.3 is 0 Å². The molecule has 0 radical (unpaired) electrons. The molecule has 84 valence electrons. The molecule has 0 aromatic rings. The summed E-state index contributed by atoms with van der Waals surface area (Å²) in [6, 6.07) is 0. The fraction of sp³-hybridized carbons (Fsp3) is 1.00. The van der Waals surface area contributed by atoms with E-state index in [1.54, 1.807) is 0 Å². The molecule has 1 rings (SSSR count). The third kappa shape index (κ3) is 4.97. The Morgan fingerprint density at radius 1 is 1.36 bits per heavy atom. The van der Waals surface area contributed by atoms with Crippen molar-refractivity contribution in [1.82, 2.24) is 0 Å². The summed E-state index contributed by atoms with van der Waals surface area (Å²) in [7, 11) is 0. The minimum absolute atomic E-state index is 0.0847. The molecule has 1 aliphatic rings. The minimum atomic E-state index is -0.0847. The Labute approximate surface area is 87.7 Å². The lowest BCUT2D eigenvalue weighted by Gasteiger charge is -2.14.